The Labute approximate surface area is 144 Å². The first kappa shape index (κ1) is 18.7. The smallest absolute Gasteiger partial charge is 0.317 e. The lowest BCUT2D eigenvalue weighted by Crippen LogP contribution is -2.55. The summed E-state index contributed by atoms with van der Waals surface area (Å²) in [5, 5.41) is 2.91. The fourth-order valence-corrected chi connectivity index (χ4v) is 3.68. The topological polar surface area (TPSA) is 73.0 Å². The minimum atomic E-state index is -3.39. The number of nitrogens with one attached hydrogen (secondary N) is 1. The molecule has 0 unspecified atom stereocenters. The molecule has 0 aliphatic carbocycles. The number of carbonyl (C=O) groups excluding carboxylic acids is 1. The molecule has 0 bridgehead atoms. The molecule has 8 heteroatoms. The quantitative estimate of drug-likeness (QED) is 0.767. The van der Waals surface area contributed by atoms with Gasteiger partial charge in [0.2, 0.25) is 0 Å². The second-order valence-corrected chi connectivity index (χ2v) is 8.14. The molecular weight excluding hydrogens is 328 g/mol. The van der Waals surface area contributed by atoms with Gasteiger partial charge in [-0.1, -0.05) is 30.3 Å². The molecule has 0 aromatic heterocycles. The van der Waals surface area contributed by atoms with Crippen LogP contribution in [-0.4, -0.2) is 74.8 Å². The molecular formula is C16H26N4O3S. The Morgan fingerprint density at radius 3 is 2.33 bits per heavy atom. The summed E-state index contributed by atoms with van der Waals surface area (Å²) in [6.45, 7) is 2.11. The summed E-state index contributed by atoms with van der Waals surface area (Å²) in [4.78, 5) is 13.8. The van der Waals surface area contributed by atoms with E-state index >= 15 is 0 Å². The summed E-state index contributed by atoms with van der Waals surface area (Å²) >= 11 is 0. The van der Waals surface area contributed by atoms with Crippen LogP contribution in [0.25, 0.3) is 0 Å². The molecule has 24 heavy (non-hydrogen) atoms. The maximum atomic E-state index is 12.1. The van der Waals surface area contributed by atoms with E-state index in [4.69, 9.17) is 0 Å². The fraction of sp³-hybridized carbons (Fsp3) is 0.562. The van der Waals surface area contributed by atoms with Crippen molar-refractivity contribution >= 4 is 16.2 Å². The Hall–Kier alpha value is -1.64. The van der Waals surface area contributed by atoms with Crippen molar-refractivity contribution in [1.82, 2.24) is 18.8 Å². The average molecular weight is 354 g/mol. The van der Waals surface area contributed by atoms with E-state index < -0.39 is 10.2 Å². The van der Waals surface area contributed by atoms with E-state index in [0.29, 0.717) is 32.7 Å². The van der Waals surface area contributed by atoms with Crippen molar-refractivity contribution in [2.75, 3.05) is 46.8 Å². The van der Waals surface area contributed by atoms with Crippen LogP contribution in [0.4, 0.5) is 4.79 Å². The first-order valence-corrected chi connectivity index (χ1v) is 9.55. The largest absolute Gasteiger partial charge is 0.338 e. The molecule has 134 valence electrons. The predicted octanol–water partition coefficient (Wildman–Crippen LogP) is 0.753. The number of rotatable bonds is 6. The molecule has 1 aromatic carbocycles. The third-order valence-electron chi connectivity index (χ3n) is 4.07. The van der Waals surface area contributed by atoms with Crippen LogP contribution >= 0.6 is 0 Å². The normalized spacial score (nSPS) is 16.4. The number of aryl methyl sites for hydroxylation is 1. The molecule has 1 aliphatic heterocycles. The van der Waals surface area contributed by atoms with Crippen molar-refractivity contribution in [3.05, 3.63) is 35.9 Å². The number of hydrogen-bond acceptors (Lipinski definition) is 3. The van der Waals surface area contributed by atoms with Crippen molar-refractivity contribution in [2.24, 2.45) is 0 Å². The number of nitrogens with zero attached hydrogens (tertiary/aromatic N) is 3. The van der Waals surface area contributed by atoms with Gasteiger partial charge in [0.15, 0.2) is 0 Å². The number of amides is 2. The van der Waals surface area contributed by atoms with Crippen LogP contribution in [0, 0.1) is 0 Å². The van der Waals surface area contributed by atoms with Crippen molar-refractivity contribution < 1.29 is 13.2 Å². The molecule has 0 spiro atoms. The van der Waals surface area contributed by atoms with E-state index in [-0.39, 0.29) is 6.03 Å². The first-order chi connectivity index (χ1) is 11.4. The number of carbonyl (C=O) groups is 1. The zero-order valence-corrected chi connectivity index (χ0v) is 15.1. The molecule has 2 rings (SSSR count). The van der Waals surface area contributed by atoms with Crippen LogP contribution in [0.3, 0.4) is 0 Å². The third kappa shape index (κ3) is 4.93. The van der Waals surface area contributed by atoms with Crippen LogP contribution in [-0.2, 0) is 16.6 Å². The molecule has 7 nitrogen and oxygen atoms in total. The van der Waals surface area contributed by atoms with Crippen molar-refractivity contribution in [1.29, 1.82) is 0 Å². The summed E-state index contributed by atoms with van der Waals surface area (Å²) in [5.74, 6) is 0. The Balaban J connectivity index is 1.69. The van der Waals surface area contributed by atoms with Crippen LogP contribution in [0.15, 0.2) is 30.3 Å². The van der Waals surface area contributed by atoms with Crippen LogP contribution in [0.5, 0.6) is 0 Å². The molecule has 0 saturated carbocycles. The maximum Gasteiger partial charge on any atom is 0.317 e. The third-order valence-corrected chi connectivity index (χ3v) is 6.02. The zero-order valence-electron chi connectivity index (χ0n) is 14.3. The van der Waals surface area contributed by atoms with Gasteiger partial charge in [0, 0.05) is 46.8 Å². The predicted molar refractivity (Wildman–Crippen MR) is 93.9 cm³/mol. The highest BCUT2D eigenvalue weighted by molar-refractivity contribution is 7.86. The Bertz CT molecular complexity index is 626. The lowest BCUT2D eigenvalue weighted by atomic mass is 10.1. The Morgan fingerprint density at radius 1 is 1.12 bits per heavy atom. The van der Waals surface area contributed by atoms with Crippen molar-refractivity contribution in [3.63, 3.8) is 0 Å². The molecule has 0 radical (unpaired) electrons. The number of urea groups is 1. The SMILES string of the molecule is CN(C)S(=O)(=O)N1CCN(C(=O)NCCCc2ccccc2)CC1. The molecule has 1 saturated heterocycles. The van der Waals surface area contributed by atoms with Gasteiger partial charge in [-0.3, -0.25) is 0 Å². The number of benzene rings is 1. The summed E-state index contributed by atoms with van der Waals surface area (Å²) in [6, 6.07) is 10.0. The van der Waals surface area contributed by atoms with Gasteiger partial charge in [-0.05, 0) is 18.4 Å². The van der Waals surface area contributed by atoms with Crippen LogP contribution in [0.2, 0.25) is 0 Å². The van der Waals surface area contributed by atoms with Crippen LogP contribution < -0.4 is 5.32 Å². The summed E-state index contributed by atoms with van der Waals surface area (Å²) in [6.07, 6.45) is 1.81. The van der Waals surface area contributed by atoms with Crippen molar-refractivity contribution in [2.45, 2.75) is 12.8 Å². The van der Waals surface area contributed by atoms with Gasteiger partial charge >= 0.3 is 6.03 Å². The van der Waals surface area contributed by atoms with Gasteiger partial charge in [-0.15, -0.1) is 0 Å². The minimum absolute atomic E-state index is 0.120. The fourth-order valence-electron chi connectivity index (χ4n) is 2.60. The molecule has 0 atom stereocenters. The number of piperazine rings is 1. The van der Waals surface area contributed by atoms with E-state index in [9.17, 15) is 13.2 Å². The lowest BCUT2D eigenvalue weighted by molar-refractivity contribution is 0.170. The average Bonchev–Trinajstić information content (AvgIpc) is 2.59. The molecule has 1 heterocycles. The van der Waals surface area contributed by atoms with Gasteiger partial charge in [-0.25, -0.2) is 4.79 Å². The molecule has 1 N–H and O–H groups in total. The van der Waals surface area contributed by atoms with Gasteiger partial charge in [0.05, 0.1) is 0 Å². The van der Waals surface area contributed by atoms with E-state index in [0.717, 1.165) is 12.8 Å². The zero-order chi connectivity index (χ0) is 17.6. The molecule has 2 amide bonds. The molecule has 1 aromatic rings. The monoisotopic (exact) mass is 354 g/mol. The van der Waals surface area contributed by atoms with Crippen molar-refractivity contribution in [3.8, 4) is 0 Å². The van der Waals surface area contributed by atoms with Gasteiger partial charge in [0.25, 0.3) is 10.2 Å². The highest BCUT2D eigenvalue weighted by Gasteiger charge is 2.29. The van der Waals surface area contributed by atoms with Gasteiger partial charge < -0.3 is 10.2 Å². The molecule has 1 fully saturated rings. The van der Waals surface area contributed by atoms with E-state index in [1.807, 2.05) is 18.2 Å². The lowest BCUT2D eigenvalue weighted by Gasteiger charge is -2.35. The maximum absolute atomic E-state index is 12.1. The highest BCUT2D eigenvalue weighted by atomic mass is 32.2. The standard InChI is InChI=1S/C16H26N4O3S/c1-18(2)24(22,23)20-13-11-19(12-14-20)16(21)17-10-6-9-15-7-4-3-5-8-15/h3-5,7-8H,6,9-14H2,1-2H3,(H,17,21). The van der Waals surface area contributed by atoms with E-state index in [2.05, 4.69) is 17.4 Å². The van der Waals surface area contributed by atoms with E-state index in [1.54, 1.807) is 4.90 Å². The summed E-state index contributed by atoms with van der Waals surface area (Å²) in [5.41, 5.74) is 1.26. The van der Waals surface area contributed by atoms with Crippen LogP contribution in [0.1, 0.15) is 12.0 Å². The summed E-state index contributed by atoms with van der Waals surface area (Å²) < 4.78 is 26.7. The highest BCUT2D eigenvalue weighted by Crippen LogP contribution is 2.09. The Kier molecular flexibility index (Phi) is 6.59. The van der Waals surface area contributed by atoms with E-state index in [1.165, 1.54) is 28.3 Å². The second kappa shape index (κ2) is 8.46. The number of hydrogen-bond donors (Lipinski definition) is 1. The molecule has 1 aliphatic rings. The minimum Gasteiger partial charge on any atom is -0.338 e. The van der Waals surface area contributed by atoms with Gasteiger partial charge in [0.1, 0.15) is 0 Å². The van der Waals surface area contributed by atoms with Gasteiger partial charge in [-0.2, -0.15) is 17.0 Å². The second-order valence-electron chi connectivity index (χ2n) is 6.00. The summed E-state index contributed by atoms with van der Waals surface area (Å²) in [7, 11) is -0.362. The Morgan fingerprint density at radius 2 is 1.75 bits per heavy atom. The first-order valence-electron chi connectivity index (χ1n) is 8.15.